The zero-order chi connectivity index (χ0) is 24.0. The Labute approximate surface area is 195 Å². The van der Waals surface area contributed by atoms with Crippen molar-refractivity contribution in [1.29, 1.82) is 0 Å². The van der Waals surface area contributed by atoms with E-state index in [9.17, 15) is 9.00 Å². The lowest BCUT2D eigenvalue weighted by atomic mass is 10.1. The van der Waals surface area contributed by atoms with Crippen LogP contribution in [0.5, 0.6) is 17.2 Å². The molecule has 33 heavy (non-hydrogen) atoms. The maximum atomic E-state index is 13.3. The molecule has 0 spiro atoms. The van der Waals surface area contributed by atoms with Crippen molar-refractivity contribution in [2.24, 2.45) is 0 Å². The number of carbonyl (C=O) groups excluding carboxylic acids is 1. The van der Waals surface area contributed by atoms with Crippen LogP contribution < -0.4 is 18.6 Å². The summed E-state index contributed by atoms with van der Waals surface area (Å²) in [6, 6.07) is 19.8. The highest BCUT2D eigenvalue weighted by Crippen LogP contribution is 2.37. The van der Waals surface area contributed by atoms with E-state index in [1.165, 1.54) is 7.11 Å². The van der Waals surface area contributed by atoms with E-state index < -0.39 is 9.80 Å². The molecule has 0 aliphatic rings. The van der Waals surface area contributed by atoms with Gasteiger partial charge in [0, 0.05) is 30.1 Å². The van der Waals surface area contributed by atoms with Gasteiger partial charge in [0.2, 0.25) is 0 Å². The van der Waals surface area contributed by atoms with Gasteiger partial charge in [0.25, 0.3) is 6.47 Å². The Hall–Kier alpha value is -3.71. The second kappa shape index (κ2) is 10.3. The third-order valence-electron chi connectivity index (χ3n) is 5.11. The quantitative estimate of drug-likeness (QED) is 0.323. The molecule has 0 amide bonds. The van der Waals surface area contributed by atoms with Gasteiger partial charge in [-0.3, -0.25) is 4.79 Å². The topological polar surface area (TPSA) is 65.1 Å². The Kier molecular flexibility index (Phi) is 7.45. The highest BCUT2D eigenvalue weighted by molar-refractivity contribution is 7.96. The number of hydrogen-bond donors (Lipinski definition) is 0. The minimum absolute atomic E-state index is 0.301. The number of anilines is 1. The average Bonchev–Trinajstić information content (AvgIpc) is 2.80. The lowest BCUT2D eigenvalue weighted by molar-refractivity contribution is -0.120. The molecule has 0 saturated heterocycles. The fourth-order valence-electron chi connectivity index (χ4n) is 3.38. The van der Waals surface area contributed by atoms with Crippen LogP contribution in [0.2, 0.25) is 0 Å². The number of ether oxygens (including phenoxy) is 2. The van der Waals surface area contributed by atoms with Crippen LogP contribution in [0.3, 0.4) is 0 Å². The highest BCUT2D eigenvalue weighted by Gasteiger charge is 2.18. The highest BCUT2D eigenvalue weighted by atomic mass is 32.2. The second-order valence-corrected chi connectivity index (χ2v) is 9.16. The number of benzene rings is 3. The number of carbonyl (C=O) groups is 1. The number of rotatable bonds is 9. The van der Waals surface area contributed by atoms with Gasteiger partial charge in [0.15, 0.2) is 11.5 Å². The van der Waals surface area contributed by atoms with Crippen LogP contribution in [0.1, 0.15) is 18.1 Å². The van der Waals surface area contributed by atoms with Crippen LogP contribution in [0, 0.1) is 6.92 Å². The summed E-state index contributed by atoms with van der Waals surface area (Å²) in [5.74, 6) is 5.00. The Morgan fingerprint density at radius 1 is 1.00 bits per heavy atom. The van der Waals surface area contributed by atoms with Crippen LogP contribution in [-0.2, 0) is 14.6 Å². The molecule has 0 aliphatic heterocycles. The van der Waals surface area contributed by atoms with Crippen LogP contribution in [0.15, 0.2) is 77.7 Å². The Morgan fingerprint density at radius 2 is 1.70 bits per heavy atom. The van der Waals surface area contributed by atoms with E-state index in [4.69, 9.17) is 13.7 Å². The third-order valence-corrected chi connectivity index (χ3v) is 6.55. The van der Waals surface area contributed by atoms with Crippen LogP contribution in [-0.4, -0.2) is 30.7 Å². The predicted molar refractivity (Wildman–Crippen MR) is 134 cm³/mol. The van der Waals surface area contributed by atoms with Crippen molar-refractivity contribution in [2.45, 2.75) is 18.7 Å². The zero-order valence-corrected chi connectivity index (χ0v) is 19.9. The van der Waals surface area contributed by atoms with Crippen molar-refractivity contribution in [3.8, 4) is 17.2 Å². The summed E-state index contributed by atoms with van der Waals surface area (Å²) < 4.78 is 29.8. The number of aryl methyl sites for hydroxylation is 1. The van der Waals surface area contributed by atoms with E-state index in [0.29, 0.717) is 28.6 Å². The Balaban J connectivity index is 1.99. The SMILES string of the molecule is C=S(=O)(Oc1cc(N(C)/C(=C/C)c2ccccc2OC=O)ccc1OC)c1ccc(C)cc1. The van der Waals surface area contributed by atoms with Crippen molar-refractivity contribution in [1.82, 2.24) is 0 Å². The standard InChI is InChI=1S/C26H27NO5S/c1-6-23(22-9-7-8-10-24(22)31-18-28)27(3)20-13-16-25(30-4)26(17-20)32-33(5,29)21-14-11-19(2)12-15-21/h6-18H,5H2,1-4H3/b23-6+. The van der Waals surface area contributed by atoms with Crippen molar-refractivity contribution >= 4 is 33.5 Å². The van der Waals surface area contributed by atoms with E-state index >= 15 is 0 Å². The lowest BCUT2D eigenvalue weighted by Gasteiger charge is -2.25. The average molecular weight is 466 g/mol. The summed E-state index contributed by atoms with van der Waals surface area (Å²) in [6.45, 7) is 4.25. The molecule has 0 radical (unpaired) electrons. The normalized spacial score (nSPS) is 13.0. The van der Waals surface area contributed by atoms with Gasteiger partial charge in [-0.25, -0.2) is 4.21 Å². The third kappa shape index (κ3) is 5.38. The first-order valence-electron chi connectivity index (χ1n) is 10.2. The Morgan fingerprint density at radius 3 is 2.33 bits per heavy atom. The summed E-state index contributed by atoms with van der Waals surface area (Å²) >= 11 is 0. The van der Waals surface area contributed by atoms with Crippen LogP contribution >= 0.6 is 0 Å². The fraction of sp³-hybridized carbons (Fsp3) is 0.154. The van der Waals surface area contributed by atoms with Crippen LogP contribution in [0.4, 0.5) is 5.69 Å². The minimum Gasteiger partial charge on any atom is -0.493 e. The summed E-state index contributed by atoms with van der Waals surface area (Å²) in [7, 11) is 0.327. The van der Waals surface area contributed by atoms with Crippen molar-refractivity contribution in [3.63, 3.8) is 0 Å². The van der Waals surface area contributed by atoms with E-state index in [2.05, 4.69) is 5.87 Å². The monoisotopic (exact) mass is 465 g/mol. The number of allylic oxidation sites excluding steroid dienone is 1. The van der Waals surface area contributed by atoms with Crippen molar-refractivity contribution in [2.75, 3.05) is 19.1 Å². The maximum absolute atomic E-state index is 13.3. The van der Waals surface area contributed by atoms with Gasteiger partial charge in [-0.05, 0) is 56.1 Å². The van der Waals surface area contributed by atoms with Gasteiger partial charge in [-0.15, -0.1) is 0 Å². The first-order chi connectivity index (χ1) is 15.8. The summed E-state index contributed by atoms with van der Waals surface area (Å²) in [6.07, 6.45) is 1.91. The smallest absolute Gasteiger partial charge is 0.298 e. The van der Waals surface area contributed by atoms with E-state index in [0.717, 1.165) is 22.5 Å². The first-order valence-corrected chi connectivity index (χ1v) is 11.9. The molecule has 0 N–H and O–H groups in total. The molecular formula is C26H27NO5S. The summed E-state index contributed by atoms with van der Waals surface area (Å²) in [4.78, 5) is 13.3. The number of methoxy groups -OCH3 is 1. The van der Waals surface area contributed by atoms with Gasteiger partial charge in [-0.1, -0.05) is 35.9 Å². The Bertz CT molecular complexity index is 1260. The van der Waals surface area contributed by atoms with E-state index in [1.807, 2.05) is 62.2 Å². The van der Waals surface area contributed by atoms with Gasteiger partial charge >= 0.3 is 0 Å². The molecule has 3 rings (SSSR count). The largest absolute Gasteiger partial charge is 0.493 e. The fourth-order valence-corrected chi connectivity index (χ4v) is 4.45. The van der Waals surface area contributed by atoms with E-state index in [-0.39, 0.29) is 0 Å². The van der Waals surface area contributed by atoms with E-state index in [1.54, 1.807) is 36.4 Å². The number of hydrogen-bond acceptors (Lipinski definition) is 6. The molecule has 7 heteroatoms. The molecule has 0 aliphatic carbocycles. The zero-order valence-electron chi connectivity index (χ0n) is 19.1. The molecular weight excluding hydrogens is 438 g/mol. The molecule has 0 heterocycles. The van der Waals surface area contributed by atoms with Crippen LogP contribution in [0.25, 0.3) is 5.70 Å². The summed E-state index contributed by atoms with van der Waals surface area (Å²) in [5, 5.41) is 0. The minimum atomic E-state index is -3.07. The van der Waals surface area contributed by atoms with Gasteiger partial charge in [0.1, 0.15) is 15.6 Å². The maximum Gasteiger partial charge on any atom is 0.298 e. The molecule has 3 aromatic carbocycles. The molecule has 172 valence electrons. The van der Waals surface area contributed by atoms with Gasteiger partial charge in [0.05, 0.1) is 12.0 Å². The van der Waals surface area contributed by atoms with Crippen molar-refractivity contribution in [3.05, 3.63) is 83.9 Å². The molecule has 1 unspecified atom stereocenters. The second-order valence-electron chi connectivity index (χ2n) is 7.29. The summed E-state index contributed by atoms with van der Waals surface area (Å²) in [5.41, 5.74) is 3.35. The molecule has 0 fully saturated rings. The molecule has 0 saturated carbocycles. The van der Waals surface area contributed by atoms with Gasteiger partial charge in [-0.2, -0.15) is 0 Å². The first kappa shape index (κ1) is 23.9. The van der Waals surface area contributed by atoms with Gasteiger partial charge < -0.3 is 18.6 Å². The molecule has 3 aromatic rings. The lowest BCUT2D eigenvalue weighted by Crippen LogP contribution is -2.17. The number of nitrogens with zero attached hydrogens (tertiary/aromatic N) is 1. The molecule has 1 atom stereocenters. The molecule has 0 aromatic heterocycles. The molecule has 6 nitrogen and oxygen atoms in total. The van der Waals surface area contributed by atoms with Crippen molar-refractivity contribution < 1.29 is 22.7 Å². The number of para-hydroxylation sites is 1. The predicted octanol–water partition coefficient (Wildman–Crippen LogP) is 5.11. The molecule has 0 bridgehead atoms.